The van der Waals surface area contributed by atoms with Crippen molar-refractivity contribution in [1.29, 1.82) is 0 Å². The Morgan fingerprint density at radius 1 is 0.463 bits per heavy atom. The Labute approximate surface area is 384 Å². The Balaban J connectivity index is 0.869. The van der Waals surface area contributed by atoms with Crippen molar-refractivity contribution in [2.24, 2.45) is 0 Å². The smallest absolute Gasteiger partial charge is 0.279 e. The molecule has 0 aliphatic heterocycles. The van der Waals surface area contributed by atoms with Gasteiger partial charge < -0.3 is 9.47 Å². The monoisotopic (exact) mass is 898 g/mol. The van der Waals surface area contributed by atoms with E-state index >= 15 is 0 Å². The molecule has 0 N–H and O–H groups in total. The molecule has 0 amide bonds. The summed E-state index contributed by atoms with van der Waals surface area (Å²) in [5.74, 6) is 1.48. The number of hydrogen-bond acceptors (Lipinski definition) is 9. The van der Waals surface area contributed by atoms with Crippen molar-refractivity contribution in [2.45, 2.75) is 16.7 Å². The van der Waals surface area contributed by atoms with E-state index in [4.69, 9.17) is 19.7 Å². The molecule has 0 atom stereocenters. The first-order chi connectivity index (χ1) is 32.5. The predicted molar refractivity (Wildman–Crippen MR) is 259 cm³/mol. The van der Waals surface area contributed by atoms with Crippen LogP contribution in [0.15, 0.2) is 214 Å². The molecule has 10 rings (SSSR count). The van der Waals surface area contributed by atoms with Crippen LogP contribution in [-0.4, -0.2) is 40.9 Å². The average molecular weight is 899 g/mol. The molecule has 11 nitrogen and oxygen atoms in total. The van der Waals surface area contributed by atoms with Gasteiger partial charge >= 0.3 is 0 Å². The van der Waals surface area contributed by atoms with Crippen LogP contribution in [0.3, 0.4) is 0 Å². The van der Waals surface area contributed by atoms with E-state index in [0.29, 0.717) is 72.7 Å². The summed E-state index contributed by atoms with van der Waals surface area (Å²) < 4.78 is 41.7. The molecular formula is C55H38N4O7S. The Kier molecular flexibility index (Phi) is 10.9. The molecule has 2 heterocycles. The van der Waals surface area contributed by atoms with Gasteiger partial charge in [0, 0.05) is 33.0 Å². The van der Waals surface area contributed by atoms with Crippen LogP contribution in [0.4, 0.5) is 0 Å². The Hall–Kier alpha value is -8.74. The molecule has 0 radical (unpaired) electrons. The molecule has 8 aromatic carbocycles. The van der Waals surface area contributed by atoms with Gasteiger partial charge in [-0.05, 0) is 140 Å². The normalized spacial score (nSPS) is 11.4. The molecule has 67 heavy (non-hydrogen) atoms. The molecule has 0 bridgehead atoms. The third-order valence-corrected chi connectivity index (χ3v) is 13.3. The summed E-state index contributed by atoms with van der Waals surface area (Å²) in [4.78, 5) is 40.7. The summed E-state index contributed by atoms with van der Waals surface area (Å²) >= 11 is 0. The molecule has 0 saturated heterocycles. The van der Waals surface area contributed by atoms with Crippen LogP contribution in [-0.2, 0) is 9.84 Å². The van der Waals surface area contributed by atoms with E-state index < -0.39 is 9.84 Å². The maximum atomic E-state index is 13.8. The van der Waals surface area contributed by atoms with E-state index in [1.807, 2.05) is 79.7 Å². The zero-order chi connectivity index (χ0) is 46.2. The van der Waals surface area contributed by atoms with Crippen LogP contribution in [0.1, 0.15) is 21.5 Å². The number of aromatic nitrogens is 4. The topological polar surface area (TPSA) is 139 Å². The number of carbonyl (C=O) groups excluding carboxylic acids is 1. The van der Waals surface area contributed by atoms with Crippen LogP contribution in [0.5, 0.6) is 17.2 Å². The average Bonchev–Trinajstić information content (AvgIpc) is 3.37. The molecule has 0 saturated carbocycles. The number of fused-ring (bicyclic) bond motifs is 2. The number of sulfone groups is 1. The maximum absolute atomic E-state index is 13.8. The number of nitrogens with zero attached hydrogens (tertiary/aromatic N) is 4. The zero-order valence-electron chi connectivity index (χ0n) is 36.0. The van der Waals surface area contributed by atoms with Crippen molar-refractivity contribution < 1.29 is 22.7 Å². The highest BCUT2D eigenvalue weighted by Gasteiger charge is 2.20. The molecular weight excluding hydrogens is 861 g/mol. The van der Waals surface area contributed by atoms with E-state index in [0.717, 1.165) is 16.7 Å². The second-order valence-corrected chi connectivity index (χ2v) is 17.7. The number of ketones is 1. The highest BCUT2D eigenvalue weighted by molar-refractivity contribution is 7.91. The summed E-state index contributed by atoms with van der Waals surface area (Å²) in [6.45, 7) is 1.97. The van der Waals surface area contributed by atoms with Crippen LogP contribution < -0.4 is 20.6 Å². The molecule has 0 aliphatic carbocycles. The molecule has 326 valence electrons. The number of hydrogen-bond donors (Lipinski definition) is 0. The lowest BCUT2D eigenvalue weighted by Crippen LogP contribution is -2.22. The van der Waals surface area contributed by atoms with Crippen LogP contribution >= 0.6 is 0 Å². The van der Waals surface area contributed by atoms with Gasteiger partial charge in [-0.1, -0.05) is 66.2 Å². The van der Waals surface area contributed by atoms with Gasteiger partial charge in [-0.15, -0.1) is 0 Å². The van der Waals surface area contributed by atoms with E-state index in [2.05, 4.69) is 0 Å². The number of aryl methyl sites for hydroxylation is 1. The van der Waals surface area contributed by atoms with Gasteiger partial charge in [-0.25, -0.2) is 8.42 Å². The molecule has 0 aliphatic rings. The summed E-state index contributed by atoms with van der Waals surface area (Å²) in [7, 11) is -2.36. The van der Waals surface area contributed by atoms with Crippen LogP contribution in [0.2, 0.25) is 0 Å². The van der Waals surface area contributed by atoms with Crippen molar-refractivity contribution in [3.05, 3.63) is 232 Å². The molecule has 2 aromatic heterocycles. The Bertz CT molecular complexity index is 3740. The van der Waals surface area contributed by atoms with Crippen molar-refractivity contribution in [3.63, 3.8) is 0 Å². The van der Waals surface area contributed by atoms with Crippen molar-refractivity contribution in [2.75, 3.05) is 7.11 Å². The minimum Gasteiger partial charge on any atom is -0.497 e. The van der Waals surface area contributed by atoms with Gasteiger partial charge in [-0.3, -0.25) is 14.4 Å². The number of methoxy groups -OCH3 is 1. The van der Waals surface area contributed by atoms with E-state index in [1.165, 1.54) is 33.6 Å². The largest absolute Gasteiger partial charge is 0.497 e. The molecule has 12 heteroatoms. The van der Waals surface area contributed by atoms with E-state index in [9.17, 15) is 22.8 Å². The lowest BCUT2D eigenvalue weighted by atomic mass is 10.0. The van der Waals surface area contributed by atoms with Crippen molar-refractivity contribution in [1.82, 2.24) is 19.6 Å². The summed E-state index contributed by atoms with van der Waals surface area (Å²) in [5.41, 5.74) is 5.10. The van der Waals surface area contributed by atoms with E-state index in [-0.39, 0.29) is 26.7 Å². The van der Waals surface area contributed by atoms with Gasteiger partial charge in [0.15, 0.2) is 5.78 Å². The van der Waals surface area contributed by atoms with Crippen LogP contribution in [0, 0.1) is 6.92 Å². The Morgan fingerprint density at radius 2 is 0.836 bits per heavy atom. The number of ether oxygens (including phenoxy) is 2. The van der Waals surface area contributed by atoms with Crippen molar-refractivity contribution in [3.8, 4) is 51.1 Å². The molecule has 0 fully saturated rings. The first-order valence-electron chi connectivity index (χ1n) is 21.2. The van der Waals surface area contributed by atoms with Gasteiger partial charge in [0.25, 0.3) is 11.1 Å². The minimum absolute atomic E-state index is 0.0439. The predicted octanol–water partition coefficient (Wildman–Crippen LogP) is 10.6. The summed E-state index contributed by atoms with van der Waals surface area (Å²) in [5, 5.41) is 11.9. The number of carbonyl (C=O) groups is 1. The second kappa shape index (κ2) is 17.3. The first-order valence-corrected chi connectivity index (χ1v) is 22.7. The zero-order valence-corrected chi connectivity index (χ0v) is 36.8. The minimum atomic E-state index is -3.95. The highest BCUT2D eigenvalue weighted by atomic mass is 32.2. The van der Waals surface area contributed by atoms with Gasteiger partial charge in [-0.2, -0.15) is 19.6 Å². The van der Waals surface area contributed by atoms with Gasteiger partial charge in [0.1, 0.15) is 17.2 Å². The quantitative estimate of drug-likeness (QED) is 0.116. The lowest BCUT2D eigenvalue weighted by molar-refractivity contribution is 0.103. The van der Waals surface area contributed by atoms with E-state index in [1.54, 1.807) is 104 Å². The SMILES string of the molecule is COc1ccc(-c2nn(-c3ccc(S(=O)(=O)c4ccc(Oc5ccc(-c6nn(-c7ccc(C(=O)c8ccc(C)cc8)cc7)c(=O)c7ccccc67)cc5)cc4)cc3)c(=O)c3ccccc23)cc1. The van der Waals surface area contributed by atoms with Gasteiger partial charge in [0.05, 0.1) is 50.4 Å². The highest BCUT2D eigenvalue weighted by Crippen LogP contribution is 2.32. The number of rotatable bonds is 11. The van der Waals surface area contributed by atoms with Crippen LogP contribution in [0.25, 0.3) is 55.4 Å². The fraction of sp³-hybridized carbons (Fsp3) is 0.0364. The molecule has 0 spiro atoms. The standard InChI is InChI=1S/C55H38N4O7S/c1-35-11-13-38(14-12-35)53(60)39-15-21-40(22-16-39)58-54(61)49-9-5-4-8-48(49)52(56-58)37-19-27-43(28-20-37)66-44-29-33-46(34-30-44)67(63,64)45-31-23-41(24-32-45)59-55(62)50-10-6-3-7-47(50)51(57-59)36-17-25-42(65-2)26-18-36/h3-34H,1-2H3. The first kappa shape index (κ1) is 42.2. The third-order valence-electron chi connectivity index (χ3n) is 11.6. The fourth-order valence-corrected chi connectivity index (χ4v) is 9.20. The summed E-state index contributed by atoms with van der Waals surface area (Å²) in [6, 6.07) is 55.5. The number of benzene rings is 8. The lowest BCUT2D eigenvalue weighted by Gasteiger charge is -2.13. The molecule has 0 unspecified atom stereocenters. The Morgan fingerprint density at radius 3 is 1.28 bits per heavy atom. The van der Waals surface area contributed by atoms with Crippen molar-refractivity contribution >= 4 is 37.2 Å². The summed E-state index contributed by atoms with van der Waals surface area (Å²) in [6.07, 6.45) is 0. The molecule has 10 aromatic rings. The fourth-order valence-electron chi connectivity index (χ4n) is 7.94. The maximum Gasteiger partial charge on any atom is 0.279 e. The second-order valence-electron chi connectivity index (χ2n) is 15.8. The third kappa shape index (κ3) is 8.06. The van der Waals surface area contributed by atoms with Gasteiger partial charge in [0.2, 0.25) is 9.84 Å².